The van der Waals surface area contributed by atoms with E-state index in [9.17, 15) is 9.90 Å². The molecule has 1 amide bonds. The molecular formula is C22H29N3O4. The Balaban J connectivity index is 1.51. The van der Waals surface area contributed by atoms with Crippen molar-refractivity contribution in [2.45, 2.75) is 19.5 Å². The number of piperazine rings is 1. The van der Waals surface area contributed by atoms with Gasteiger partial charge in [-0.3, -0.25) is 9.69 Å². The maximum atomic E-state index is 12.6. The van der Waals surface area contributed by atoms with Gasteiger partial charge in [0.1, 0.15) is 5.75 Å². The Morgan fingerprint density at radius 1 is 1.07 bits per heavy atom. The molecule has 2 aromatic rings. The van der Waals surface area contributed by atoms with Gasteiger partial charge in [0, 0.05) is 32.7 Å². The van der Waals surface area contributed by atoms with Gasteiger partial charge in [0.15, 0.2) is 11.5 Å². The molecule has 29 heavy (non-hydrogen) atoms. The minimum absolute atomic E-state index is 0.00390. The van der Waals surface area contributed by atoms with Gasteiger partial charge in [-0.2, -0.15) is 0 Å². The first kappa shape index (κ1) is 20.8. The zero-order valence-corrected chi connectivity index (χ0v) is 17.2. The van der Waals surface area contributed by atoms with Crippen molar-refractivity contribution in [1.82, 2.24) is 10.2 Å². The zero-order chi connectivity index (χ0) is 20.8. The Kier molecular flexibility index (Phi) is 6.82. The van der Waals surface area contributed by atoms with Crippen LogP contribution in [0.15, 0.2) is 42.5 Å². The van der Waals surface area contributed by atoms with Gasteiger partial charge < -0.3 is 24.8 Å². The first-order valence-electron chi connectivity index (χ1n) is 9.79. The van der Waals surface area contributed by atoms with E-state index in [4.69, 9.17) is 9.47 Å². The van der Waals surface area contributed by atoms with Crippen LogP contribution in [-0.2, 0) is 11.3 Å². The third-order valence-corrected chi connectivity index (χ3v) is 5.38. The maximum Gasteiger partial charge on any atom is 0.237 e. The second-order valence-electron chi connectivity index (χ2n) is 7.09. The lowest BCUT2D eigenvalue weighted by atomic mass is 10.1. The molecule has 1 aliphatic heterocycles. The van der Waals surface area contributed by atoms with Crippen LogP contribution in [0.1, 0.15) is 12.5 Å². The highest BCUT2D eigenvalue weighted by Gasteiger charge is 2.26. The fourth-order valence-electron chi connectivity index (χ4n) is 3.57. The fourth-order valence-corrected chi connectivity index (χ4v) is 3.57. The highest BCUT2D eigenvalue weighted by Crippen LogP contribution is 2.28. The number of para-hydroxylation sites is 2. The molecule has 7 heteroatoms. The predicted molar refractivity (Wildman–Crippen MR) is 113 cm³/mol. The molecule has 1 aliphatic rings. The number of hydrogen-bond acceptors (Lipinski definition) is 6. The molecule has 1 atom stereocenters. The lowest BCUT2D eigenvalue weighted by Gasteiger charge is -2.38. The van der Waals surface area contributed by atoms with E-state index in [1.807, 2.05) is 43.3 Å². The summed E-state index contributed by atoms with van der Waals surface area (Å²) in [5.41, 5.74) is 1.80. The third kappa shape index (κ3) is 4.92. The maximum absolute atomic E-state index is 12.6. The van der Waals surface area contributed by atoms with Crippen LogP contribution in [-0.4, -0.2) is 62.4 Å². The van der Waals surface area contributed by atoms with Gasteiger partial charge in [0.25, 0.3) is 0 Å². The van der Waals surface area contributed by atoms with Gasteiger partial charge in [0.2, 0.25) is 5.91 Å². The highest BCUT2D eigenvalue weighted by atomic mass is 16.5. The number of benzene rings is 2. The van der Waals surface area contributed by atoms with Gasteiger partial charge in [-0.05, 0) is 36.8 Å². The number of carbonyl (C=O) groups is 1. The first-order valence-corrected chi connectivity index (χ1v) is 9.79. The molecule has 0 unspecified atom stereocenters. The van der Waals surface area contributed by atoms with Gasteiger partial charge in [-0.25, -0.2) is 0 Å². The number of hydrogen-bond donors (Lipinski definition) is 2. The lowest BCUT2D eigenvalue weighted by Crippen LogP contribution is -2.53. The van der Waals surface area contributed by atoms with Crippen LogP contribution in [0.4, 0.5) is 5.69 Å². The number of carbonyl (C=O) groups excluding carboxylic acids is 1. The molecule has 2 aromatic carbocycles. The van der Waals surface area contributed by atoms with Gasteiger partial charge in [-0.1, -0.05) is 18.2 Å². The quantitative estimate of drug-likeness (QED) is 0.744. The van der Waals surface area contributed by atoms with Crippen molar-refractivity contribution in [3.63, 3.8) is 0 Å². The minimum atomic E-state index is -0.221. The van der Waals surface area contributed by atoms with E-state index in [0.717, 1.165) is 37.4 Å². The summed E-state index contributed by atoms with van der Waals surface area (Å²) in [6.45, 7) is 5.43. The van der Waals surface area contributed by atoms with Crippen molar-refractivity contribution >= 4 is 11.6 Å². The van der Waals surface area contributed by atoms with Crippen LogP contribution >= 0.6 is 0 Å². The lowest BCUT2D eigenvalue weighted by molar-refractivity contribution is -0.126. The van der Waals surface area contributed by atoms with E-state index in [1.54, 1.807) is 20.3 Å². The highest BCUT2D eigenvalue weighted by molar-refractivity contribution is 5.81. The fraction of sp³-hybridized carbons (Fsp3) is 0.409. The van der Waals surface area contributed by atoms with Crippen molar-refractivity contribution in [1.29, 1.82) is 0 Å². The van der Waals surface area contributed by atoms with E-state index in [0.29, 0.717) is 23.8 Å². The average Bonchev–Trinajstić information content (AvgIpc) is 2.77. The Hall–Kier alpha value is -2.93. The molecule has 3 rings (SSSR count). The van der Waals surface area contributed by atoms with Crippen molar-refractivity contribution in [3.05, 3.63) is 48.0 Å². The molecule has 0 spiro atoms. The van der Waals surface area contributed by atoms with Crippen LogP contribution < -0.4 is 19.7 Å². The second-order valence-corrected chi connectivity index (χ2v) is 7.09. The van der Waals surface area contributed by atoms with Gasteiger partial charge in [0.05, 0.1) is 25.9 Å². The summed E-state index contributed by atoms with van der Waals surface area (Å²) in [6, 6.07) is 12.8. The Labute approximate surface area is 171 Å². The molecule has 1 saturated heterocycles. The van der Waals surface area contributed by atoms with Crippen LogP contribution in [0.5, 0.6) is 17.2 Å². The average molecular weight is 399 g/mol. The van der Waals surface area contributed by atoms with Crippen LogP contribution in [0.2, 0.25) is 0 Å². The van der Waals surface area contributed by atoms with Crippen molar-refractivity contribution in [2.75, 3.05) is 45.3 Å². The van der Waals surface area contributed by atoms with Crippen molar-refractivity contribution < 1.29 is 19.4 Å². The molecular weight excluding hydrogens is 370 g/mol. The van der Waals surface area contributed by atoms with Crippen LogP contribution in [0.25, 0.3) is 0 Å². The molecule has 0 radical (unpaired) electrons. The summed E-state index contributed by atoms with van der Waals surface area (Å²) in [5.74, 6) is 1.60. The molecule has 0 aromatic heterocycles. The largest absolute Gasteiger partial charge is 0.506 e. The van der Waals surface area contributed by atoms with Crippen molar-refractivity contribution in [2.24, 2.45) is 0 Å². The van der Waals surface area contributed by atoms with Gasteiger partial charge in [-0.15, -0.1) is 0 Å². The van der Waals surface area contributed by atoms with E-state index >= 15 is 0 Å². The standard InChI is InChI=1S/C22H29N3O4/c1-16(22(27)23-15-17-8-9-20(28-2)21(14-17)29-3)24-10-12-25(13-11-24)18-6-4-5-7-19(18)26/h4-9,14,16,26H,10-13,15H2,1-3H3,(H,23,27)/t16-/m0/s1. The van der Waals surface area contributed by atoms with Gasteiger partial charge >= 0.3 is 0 Å². The normalized spacial score (nSPS) is 15.6. The number of aromatic hydroxyl groups is 1. The van der Waals surface area contributed by atoms with Crippen molar-refractivity contribution in [3.8, 4) is 17.2 Å². The number of nitrogens with one attached hydrogen (secondary N) is 1. The SMILES string of the molecule is COc1ccc(CNC(=O)[C@H](C)N2CCN(c3ccccc3O)CC2)cc1OC. The summed E-state index contributed by atoms with van der Waals surface area (Å²) in [5, 5.41) is 13.0. The third-order valence-electron chi connectivity index (χ3n) is 5.38. The minimum Gasteiger partial charge on any atom is -0.506 e. The monoisotopic (exact) mass is 399 g/mol. The number of phenols is 1. The number of nitrogens with zero attached hydrogens (tertiary/aromatic N) is 2. The summed E-state index contributed by atoms with van der Waals surface area (Å²) in [7, 11) is 3.19. The molecule has 2 N–H and O–H groups in total. The number of rotatable bonds is 7. The summed E-state index contributed by atoms with van der Waals surface area (Å²) < 4.78 is 10.6. The number of ether oxygens (including phenoxy) is 2. The molecule has 0 aliphatic carbocycles. The van der Waals surface area contributed by atoms with E-state index < -0.39 is 0 Å². The molecule has 7 nitrogen and oxygen atoms in total. The van der Waals surface area contributed by atoms with Crippen LogP contribution in [0.3, 0.4) is 0 Å². The summed E-state index contributed by atoms with van der Waals surface area (Å²) >= 11 is 0. The molecule has 1 heterocycles. The smallest absolute Gasteiger partial charge is 0.237 e. The number of methoxy groups -OCH3 is 2. The van der Waals surface area contributed by atoms with E-state index in [1.165, 1.54) is 0 Å². The topological polar surface area (TPSA) is 74.3 Å². The van der Waals surface area contributed by atoms with E-state index in [-0.39, 0.29) is 11.9 Å². The van der Waals surface area contributed by atoms with Crippen LogP contribution in [0, 0.1) is 0 Å². The van der Waals surface area contributed by atoms with E-state index in [2.05, 4.69) is 15.1 Å². The Bertz CT molecular complexity index is 835. The predicted octanol–water partition coefficient (Wildman–Crippen LogP) is 2.24. The summed E-state index contributed by atoms with van der Waals surface area (Å²) in [6.07, 6.45) is 0. The first-order chi connectivity index (χ1) is 14.0. The molecule has 1 fully saturated rings. The number of anilines is 1. The second kappa shape index (κ2) is 9.52. The molecule has 0 saturated carbocycles. The Morgan fingerprint density at radius 2 is 1.76 bits per heavy atom. The number of amides is 1. The number of phenolic OH excluding ortho intramolecular Hbond substituents is 1. The zero-order valence-electron chi connectivity index (χ0n) is 17.2. The molecule has 0 bridgehead atoms. The Morgan fingerprint density at radius 3 is 2.41 bits per heavy atom. The molecule has 156 valence electrons. The summed E-state index contributed by atoms with van der Waals surface area (Å²) in [4.78, 5) is 17.0.